The molecule has 0 atom stereocenters. The lowest BCUT2D eigenvalue weighted by Crippen LogP contribution is -2.41. The van der Waals surface area contributed by atoms with E-state index in [-0.39, 0.29) is 28.8 Å². The van der Waals surface area contributed by atoms with Gasteiger partial charge in [-0.3, -0.25) is 14.5 Å². The number of aryl methyl sites for hydroxylation is 2. The fourth-order valence-corrected chi connectivity index (χ4v) is 4.46. The molecule has 2 aromatic heterocycles. The highest BCUT2D eigenvalue weighted by Gasteiger charge is 2.21. The van der Waals surface area contributed by atoms with Gasteiger partial charge in [0.05, 0.1) is 24.3 Å². The molecule has 2 amide bonds. The molecule has 0 bridgehead atoms. The summed E-state index contributed by atoms with van der Waals surface area (Å²) >= 11 is 0. The Balaban J connectivity index is 1.29. The van der Waals surface area contributed by atoms with E-state index in [1.54, 1.807) is 26.1 Å². The molecule has 2 aromatic carbocycles. The number of fused-ring (bicyclic) bond motifs is 1. The third-order valence-corrected chi connectivity index (χ3v) is 6.62. The van der Waals surface area contributed by atoms with Crippen LogP contribution in [0.1, 0.15) is 31.8 Å². The molecule has 0 unspecified atom stereocenters. The lowest BCUT2D eigenvalue weighted by atomic mass is 10.1. The minimum absolute atomic E-state index is 0.0531. The zero-order valence-electron chi connectivity index (χ0n) is 22.0. The van der Waals surface area contributed by atoms with Gasteiger partial charge in [-0.15, -0.1) is 0 Å². The van der Waals surface area contributed by atoms with Crippen LogP contribution in [0.3, 0.4) is 0 Å². The predicted octanol–water partition coefficient (Wildman–Crippen LogP) is 3.73. The summed E-state index contributed by atoms with van der Waals surface area (Å²) in [5.74, 6) is -2.52. The van der Waals surface area contributed by atoms with E-state index in [1.807, 2.05) is 0 Å². The lowest BCUT2D eigenvalue weighted by molar-refractivity contribution is 0.0383. The van der Waals surface area contributed by atoms with Crippen molar-refractivity contribution in [3.63, 3.8) is 0 Å². The van der Waals surface area contributed by atoms with Crippen molar-refractivity contribution in [1.29, 1.82) is 0 Å². The number of ether oxygens (including phenoxy) is 2. The van der Waals surface area contributed by atoms with Gasteiger partial charge in [0, 0.05) is 44.1 Å². The minimum Gasteiger partial charge on any atom is -0.434 e. The van der Waals surface area contributed by atoms with Gasteiger partial charge < -0.3 is 20.1 Å². The molecule has 5 rings (SSSR count). The van der Waals surface area contributed by atoms with Crippen molar-refractivity contribution in [3.8, 4) is 11.6 Å². The number of hydrogen-bond donors (Lipinski definition) is 2. The van der Waals surface area contributed by atoms with Gasteiger partial charge in [-0.05, 0) is 43.7 Å². The fraction of sp³-hybridized carbons (Fsp3) is 0.286. The number of rotatable bonds is 8. The summed E-state index contributed by atoms with van der Waals surface area (Å²) < 4.78 is 41.6. The summed E-state index contributed by atoms with van der Waals surface area (Å²) in [6.45, 7) is 7.70. The van der Waals surface area contributed by atoms with Crippen molar-refractivity contribution < 1.29 is 27.8 Å². The number of carbonyl (C=O) groups is 2. The largest absolute Gasteiger partial charge is 0.434 e. The minimum atomic E-state index is -0.774. The zero-order valence-corrected chi connectivity index (χ0v) is 22.0. The molecule has 1 fully saturated rings. The second kappa shape index (κ2) is 11.8. The third-order valence-electron chi connectivity index (χ3n) is 6.62. The first-order chi connectivity index (χ1) is 19.3. The summed E-state index contributed by atoms with van der Waals surface area (Å²) in [5, 5.41) is 9.58. The van der Waals surface area contributed by atoms with Crippen LogP contribution in [0.2, 0.25) is 0 Å². The Morgan fingerprint density at radius 2 is 1.82 bits per heavy atom. The standard InChI is InChI=1S/C28H28F2N6O4/c1-17-3-5-22(29)20(13-17)27(38)34-19-4-6-24(23(30)14-19)40-28-25-18(2)21(15-36(25)33-16-32-28)26(37)31-7-8-35-9-11-39-12-10-35/h3-6,13-16H,7-12H2,1-2H3,(H,31,37)(H,34,38). The van der Waals surface area contributed by atoms with Crippen molar-refractivity contribution >= 4 is 23.0 Å². The van der Waals surface area contributed by atoms with Crippen LogP contribution in [0.15, 0.2) is 48.9 Å². The molecule has 4 aromatic rings. The van der Waals surface area contributed by atoms with Gasteiger partial charge in [0.1, 0.15) is 17.7 Å². The SMILES string of the molecule is Cc1ccc(F)c(C(=O)Nc2ccc(Oc3ncnn4cc(C(=O)NCCN5CCOCC5)c(C)c34)c(F)c2)c1. The zero-order chi connectivity index (χ0) is 28.2. The number of anilines is 1. The van der Waals surface area contributed by atoms with Crippen LogP contribution in [0, 0.1) is 25.5 Å². The summed E-state index contributed by atoms with van der Waals surface area (Å²) in [6.07, 6.45) is 2.81. The van der Waals surface area contributed by atoms with E-state index in [0.29, 0.717) is 48.5 Å². The van der Waals surface area contributed by atoms with E-state index in [0.717, 1.165) is 19.2 Å². The topological polar surface area (TPSA) is 110 Å². The molecule has 2 N–H and O–H groups in total. The van der Waals surface area contributed by atoms with Crippen LogP contribution >= 0.6 is 0 Å². The highest BCUT2D eigenvalue weighted by Crippen LogP contribution is 2.31. The number of morpholine rings is 1. The first-order valence-electron chi connectivity index (χ1n) is 12.8. The molecular formula is C28H28F2N6O4. The number of hydrogen-bond acceptors (Lipinski definition) is 7. The first-order valence-corrected chi connectivity index (χ1v) is 12.8. The van der Waals surface area contributed by atoms with Crippen LogP contribution in [-0.2, 0) is 4.74 Å². The van der Waals surface area contributed by atoms with Crippen LogP contribution in [0.5, 0.6) is 11.6 Å². The molecule has 1 saturated heterocycles. The van der Waals surface area contributed by atoms with Crippen LogP contribution in [0.4, 0.5) is 14.5 Å². The molecule has 0 saturated carbocycles. The van der Waals surface area contributed by atoms with E-state index < -0.39 is 17.5 Å². The van der Waals surface area contributed by atoms with E-state index in [9.17, 15) is 18.4 Å². The van der Waals surface area contributed by atoms with Crippen molar-refractivity contribution in [1.82, 2.24) is 24.8 Å². The molecule has 0 aliphatic carbocycles. The second-order valence-electron chi connectivity index (χ2n) is 9.42. The number of benzene rings is 2. The van der Waals surface area contributed by atoms with E-state index in [4.69, 9.17) is 9.47 Å². The number of amides is 2. The average molecular weight is 551 g/mol. The molecule has 1 aliphatic rings. The van der Waals surface area contributed by atoms with Gasteiger partial charge >= 0.3 is 0 Å². The van der Waals surface area contributed by atoms with Crippen LogP contribution in [0.25, 0.3) is 5.52 Å². The third kappa shape index (κ3) is 5.92. The summed E-state index contributed by atoms with van der Waals surface area (Å²) in [7, 11) is 0. The lowest BCUT2D eigenvalue weighted by Gasteiger charge is -2.26. The maximum Gasteiger partial charge on any atom is 0.258 e. The Morgan fingerprint density at radius 1 is 1.02 bits per heavy atom. The van der Waals surface area contributed by atoms with E-state index in [1.165, 1.54) is 35.1 Å². The van der Waals surface area contributed by atoms with E-state index in [2.05, 4.69) is 25.6 Å². The number of nitrogens with one attached hydrogen (secondary N) is 2. The normalized spacial score (nSPS) is 13.8. The number of nitrogens with zero attached hydrogens (tertiary/aromatic N) is 4. The predicted molar refractivity (Wildman–Crippen MR) is 143 cm³/mol. The van der Waals surface area contributed by atoms with Crippen molar-refractivity contribution in [2.45, 2.75) is 13.8 Å². The molecule has 0 spiro atoms. The van der Waals surface area contributed by atoms with Crippen LogP contribution in [-0.4, -0.2) is 70.7 Å². The van der Waals surface area contributed by atoms with Gasteiger partial charge in [-0.1, -0.05) is 11.6 Å². The Kier molecular flexibility index (Phi) is 7.99. The fourth-order valence-electron chi connectivity index (χ4n) is 4.46. The van der Waals surface area contributed by atoms with Gasteiger partial charge in [0.15, 0.2) is 11.6 Å². The molecule has 0 radical (unpaired) electrons. The summed E-state index contributed by atoms with van der Waals surface area (Å²) in [5.41, 5.74) is 2.07. The monoisotopic (exact) mass is 550 g/mol. The Labute approximate surface area is 228 Å². The van der Waals surface area contributed by atoms with Crippen molar-refractivity contribution in [3.05, 3.63) is 82.8 Å². The Hall–Kier alpha value is -4.42. The van der Waals surface area contributed by atoms with Crippen molar-refractivity contribution in [2.24, 2.45) is 0 Å². The maximum absolute atomic E-state index is 15.0. The average Bonchev–Trinajstić information content (AvgIpc) is 3.29. The molecule has 3 heterocycles. The first kappa shape index (κ1) is 27.2. The molecule has 1 aliphatic heterocycles. The van der Waals surface area contributed by atoms with Gasteiger partial charge in [-0.25, -0.2) is 13.3 Å². The van der Waals surface area contributed by atoms with Gasteiger partial charge in [0.2, 0.25) is 5.88 Å². The van der Waals surface area contributed by atoms with Crippen LogP contribution < -0.4 is 15.4 Å². The summed E-state index contributed by atoms with van der Waals surface area (Å²) in [6, 6.07) is 7.99. The van der Waals surface area contributed by atoms with Gasteiger partial charge in [-0.2, -0.15) is 10.1 Å². The second-order valence-corrected chi connectivity index (χ2v) is 9.42. The number of halogens is 2. The maximum atomic E-state index is 15.0. The summed E-state index contributed by atoms with van der Waals surface area (Å²) in [4.78, 5) is 31.8. The molecular weight excluding hydrogens is 522 g/mol. The molecule has 208 valence electrons. The molecule has 10 nitrogen and oxygen atoms in total. The molecule has 40 heavy (non-hydrogen) atoms. The highest BCUT2D eigenvalue weighted by atomic mass is 19.1. The number of carbonyl (C=O) groups excluding carboxylic acids is 2. The Bertz CT molecular complexity index is 1570. The quantitative estimate of drug-likeness (QED) is 0.344. The van der Waals surface area contributed by atoms with E-state index >= 15 is 0 Å². The molecule has 12 heteroatoms. The van der Waals surface area contributed by atoms with Crippen molar-refractivity contribution in [2.75, 3.05) is 44.7 Å². The smallest absolute Gasteiger partial charge is 0.258 e. The number of aromatic nitrogens is 3. The Morgan fingerprint density at radius 3 is 2.60 bits per heavy atom. The van der Waals surface area contributed by atoms with Gasteiger partial charge in [0.25, 0.3) is 11.8 Å². The highest BCUT2D eigenvalue weighted by molar-refractivity contribution is 6.04.